The quantitative estimate of drug-likeness (QED) is 0.831. The van der Waals surface area contributed by atoms with E-state index in [-0.39, 0.29) is 11.5 Å². The second-order valence-corrected chi connectivity index (χ2v) is 7.57. The first-order valence-electron chi connectivity index (χ1n) is 8.12. The second-order valence-electron chi connectivity index (χ2n) is 7.57. The summed E-state index contributed by atoms with van der Waals surface area (Å²) < 4.78 is 5.36. The van der Waals surface area contributed by atoms with Crippen molar-refractivity contribution in [3.05, 3.63) is 0 Å². The summed E-state index contributed by atoms with van der Waals surface area (Å²) in [6.45, 7) is 1.53. The number of rotatable bonds is 2. The molecule has 0 aromatic rings. The Bertz CT molecular complexity index is 338. The zero-order valence-corrected chi connectivity index (χ0v) is 11.7. The van der Waals surface area contributed by atoms with Gasteiger partial charge in [0.15, 0.2) is 0 Å². The van der Waals surface area contributed by atoms with E-state index in [0.717, 1.165) is 43.8 Å². The number of ether oxygens (including phenoxy) is 1. The molecule has 19 heavy (non-hydrogen) atoms. The van der Waals surface area contributed by atoms with Crippen LogP contribution in [0.25, 0.3) is 0 Å². The summed E-state index contributed by atoms with van der Waals surface area (Å²) in [6, 6.07) is 0. The van der Waals surface area contributed by atoms with Gasteiger partial charge in [0.1, 0.15) is 0 Å². The van der Waals surface area contributed by atoms with Crippen LogP contribution in [0.1, 0.15) is 51.4 Å². The summed E-state index contributed by atoms with van der Waals surface area (Å²) in [5, 5.41) is 3.50. The van der Waals surface area contributed by atoms with Crippen LogP contribution in [0, 0.1) is 23.7 Å². The Hall–Kier alpha value is -0.570. The molecule has 5 fully saturated rings. The summed E-state index contributed by atoms with van der Waals surface area (Å²) in [5.74, 6) is 3.25. The van der Waals surface area contributed by atoms with Crippen molar-refractivity contribution in [1.82, 2.24) is 5.32 Å². The molecule has 0 radical (unpaired) electrons. The molecule has 1 aliphatic heterocycles. The Morgan fingerprint density at radius 2 is 1.47 bits per heavy atom. The van der Waals surface area contributed by atoms with E-state index >= 15 is 0 Å². The summed E-state index contributed by atoms with van der Waals surface area (Å²) >= 11 is 0. The van der Waals surface area contributed by atoms with Crippen LogP contribution in [0.15, 0.2) is 0 Å². The highest BCUT2D eigenvalue weighted by Gasteiger charge is 2.51. The van der Waals surface area contributed by atoms with Gasteiger partial charge in [0.25, 0.3) is 0 Å². The SMILES string of the molecule is O=C(NC12CC3CC(CC(C3)C1)C2)C1CCOCC1. The van der Waals surface area contributed by atoms with Crippen molar-refractivity contribution in [2.24, 2.45) is 23.7 Å². The first kappa shape index (κ1) is 12.2. The standard InChI is InChI=1S/C16H25NO2/c18-15(14-1-3-19-4-2-14)17-16-8-11-5-12(9-16)7-13(6-11)10-16/h11-14H,1-10H2,(H,17,18). The number of hydrogen-bond donors (Lipinski definition) is 1. The Morgan fingerprint density at radius 1 is 0.947 bits per heavy atom. The summed E-state index contributed by atoms with van der Waals surface area (Å²) in [7, 11) is 0. The molecule has 0 aromatic heterocycles. The van der Waals surface area contributed by atoms with Crippen LogP contribution in [-0.2, 0) is 9.53 Å². The van der Waals surface area contributed by atoms with E-state index in [0.29, 0.717) is 5.91 Å². The number of hydrogen-bond acceptors (Lipinski definition) is 2. The van der Waals surface area contributed by atoms with E-state index in [1.807, 2.05) is 0 Å². The molecule has 1 saturated heterocycles. The van der Waals surface area contributed by atoms with Gasteiger partial charge in [0.2, 0.25) is 5.91 Å². The van der Waals surface area contributed by atoms with Gasteiger partial charge in [0.05, 0.1) is 0 Å². The molecule has 1 N–H and O–H groups in total. The topological polar surface area (TPSA) is 38.3 Å². The molecule has 4 bridgehead atoms. The van der Waals surface area contributed by atoms with Gasteiger partial charge in [-0.2, -0.15) is 0 Å². The Kier molecular flexibility index (Phi) is 2.87. The van der Waals surface area contributed by atoms with Gasteiger partial charge in [-0.3, -0.25) is 4.79 Å². The molecule has 0 aromatic carbocycles. The smallest absolute Gasteiger partial charge is 0.223 e. The van der Waals surface area contributed by atoms with E-state index in [4.69, 9.17) is 4.74 Å². The monoisotopic (exact) mass is 263 g/mol. The van der Waals surface area contributed by atoms with Crippen molar-refractivity contribution in [1.29, 1.82) is 0 Å². The van der Waals surface area contributed by atoms with Gasteiger partial charge >= 0.3 is 0 Å². The molecular weight excluding hydrogens is 238 g/mol. The Balaban J connectivity index is 1.45. The molecule has 1 amide bonds. The van der Waals surface area contributed by atoms with Gasteiger partial charge < -0.3 is 10.1 Å². The third kappa shape index (κ3) is 2.20. The highest BCUT2D eigenvalue weighted by atomic mass is 16.5. The molecule has 3 nitrogen and oxygen atoms in total. The van der Waals surface area contributed by atoms with Crippen LogP contribution < -0.4 is 5.32 Å². The maximum absolute atomic E-state index is 12.5. The molecule has 3 heteroatoms. The van der Waals surface area contributed by atoms with Gasteiger partial charge in [-0.15, -0.1) is 0 Å². The van der Waals surface area contributed by atoms with E-state index in [2.05, 4.69) is 5.32 Å². The van der Waals surface area contributed by atoms with Crippen molar-refractivity contribution in [3.8, 4) is 0 Å². The maximum atomic E-state index is 12.5. The first-order valence-corrected chi connectivity index (χ1v) is 8.12. The van der Waals surface area contributed by atoms with Crippen molar-refractivity contribution in [2.45, 2.75) is 56.9 Å². The molecule has 0 atom stereocenters. The molecule has 5 aliphatic rings. The lowest BCUT2D eigenvalue weighted by atomic mass is 9.53. The highest BCUT2D eigenvalue weighted by molar-refractivity contribution is 5.79. The second kappa shape index (κ2) is 4.47. The number of amides is 1. The molecule has 1 heterocycles. The average Bonchev–Trinajstić information content (AvgIpc) is 2.37. The summed E-state index contributed by atoms with van der Waals surface area (Å²) in [4.78, 5) is 12.5. The van der Waals surface area contributed by atoms with E-state index < -0.39 is 0 Å². The third-order valence-electron chi connectivity index (χ3n) is 6.02. The van der Waals surface area contributed by atoms with Gasteiger partial charge in [-0.25, -0.2) is 0 Å². The fourth-order valence-electron chi connectivity index (χ4n) is 5.59. The minimum atomic E-state index is 0.185. The summed E-state index contributed by atoms with van der Waals surface area (Å²) in [6.07, 6.45) is 9.91. The first-order chi connectivity index (χ1) is 9.22. The lowest BCUT2D eigenvalue weighted by molar-refractivity contribution is -0.133. The van der Waals surface area contributed by atoms with Crippen LogP contribution in [0.3, 0.4) is 0 Å². The number of carbonyl (C=O) groups is 1. The molecule has 5 rings (SSSR count). The van der Waals surface area contributed by atoms with Crippen molar-refractivity contribution in [2.75, 3.05) is 13.2 Å². The normalized spacial score (nSPS) is 45.4. The van der Waals surface area contributed by atoms with Crippen LogP contribution >= 0.6 is 0 Å². The fraction of sp³-hybridized carbons (Fsp3) is 0.938. The summed E-state index contributed by atoms with van der Waals surface area (Å²) in [5.41, 5.74) is 0.185. The Morgan fingerprint density at radius 3 is 2.00 bits per heavy atom. The maximum Gasteiger partial charge on any atom is 0.223 e. The van der Waals surface area contributed by atoms with E-state index in [1.54, 1.807) is 0 Å². The molecular formula is C16H25NO2. The van der Waals surface area contributed by atoms with Crippen LogP contribution in [0.2, 0.25) is 0 Å². The third-order valence-corrected chi connectivity index (χ3v) is 6.02. The fourth-order valence-corrected chi connectivity index (χ4v) is 5.59. The molecule has 4 aliphatic carbocycles. The van der Waals surface area contributed by atoms with Gasteiger partial charge in [-0.05, 0) is 69.1 Å². The minimum absolute atomic E-state index is 0.185. The molecule has 0 spiro atoms. The van der Waals surface area contributed by atoms with Crippen LogP contribution in [-0.4, -0.2) is 24.7 Å². The average molecular weight is 263 g/mol. The largest absolute Gasteiger partial charge is 0.381 e. The Labute approximate surface area is 115 Å². The highest BCUT2D eigenvalue weighted by Crippen LogP contribution is 2.55. The van der Waals surface area contributed by atoms with E-state index in [1.165, 1.54) is 38.5 Å². The lowest BCUT2D eigenvalue weighted by Crippen LogP contribution is -2.60. The lowest BCUT2D eigenvalue weighted by Gasteiger charge is -2.57. The molecule has 106 valence electrons. The van der Waals surface area contributed by atoms with Crippen LogP contribution in [0.5, 0.6) is 0 Å². The van der Waals surface area contributed by atoms with Crippen molar-refractivity contribution in [3.63, 3.8) is 0 Å². The number of carbonyl (C=O) groups excluding carboxylic acids is 1. The number of nitrogens with one attached hydrogen (secondary N) is 1. The van der Waals surface area contributed by atoms with Crippen LogP contribution in [0.4, 0.5) is 0 Å². The van der Waals surface area contributed by atoms with E-state index in [9.17, 15) is 4.79 Å². The predicted molar refractivity (Wildman–Crippen MR) is 72.6 cm³/mol. The zero-order valence-electron chi connectivity index (χ0n) is 11.7. The zero-order chi connectivity index (χ0) is 12.9. The van der Waals surface area contributed by atoms with Crippen molar-refractivity contribution < 1.29 is 9.53 Å². The minimum Gasteiger partial charge on any atom is -0.381 e. The molecule has 0 unspecified atom stereocenters. The molecule has 4 saturated carbocycles. The van der Waals surface area contributed by atoms with Gasteiger partial charge in [0, 0.05) is 24.7 Å². The van der Waals surface area contributed by atoms with Crippen molar-refractivity contribution >= 4 is 5.91 Å². The predicted octanol–water partition coefficient (Wildman–Crippen LogP) is 2.50. The van der Waals surface area contributed by atoms with Gasteiger partial charge in [-0.1, -0.05) is 0 Å².